The number of sulfonamides is 1. The van der Waals surface area contributed by atoms with Crippen LogP contribution in [0.4, 0.5) is 5.69 Å². The van der Waals surface area contributed by atoms with Crippen LogP contribution in [-0.2, 0) is 10.0 Å². The fourth-order valence-electron chi connectivity index (χ4n) is 2.43. The quantitative estimate of drug-likeness (QED) is 0.651. The number of para-hydroxylation sites is 2. The molecule has 1 heterocycles. The maximum atomic E-state index is 12.3. The molecule has 0 saturated heterocycles. The number of nitrogens with zero attached hydrogens (tertiary/aromatic N) is 1. The minimum Gasteiger partial charge on any atom is -0.342 e. The van der Waals surface area contributed by atoms with Crippen molar-refractivity contribution < 1.29 is 13.2 Å². The van der Waals surface area contributed by atoms with Crippen molar-refractivity contribution in [2.24, 2.45) is 0 Å². The first-order valence-corrected chi connectivity index (χ1v) is 9.54. The van der Waals surface area contributed by atoms with Crippen LogP contribution in [0.15, 0.2) is 48.5 Å². The molecule has 0 radical (unpaired) electrons. The number of anilines is 1. The Balaban J connectivity index is 1.70. The second kappa shape index (κ2) is 6.56. The average Bonchev–Trinajstić information content (AvgIpc) is 2.98. The van der Waals surface area contributed by atoms with Crippen molar-refractivity contribution in [1.29, 1.82) is 0 Å². The summed E-state index contributed by atoms with van der Waals surface area (Å²) in [5.41, 5.74) is 2.59. The fourth-order valence-corrected chi connectivity index (χ4v) is 2.99. The van der Waals surface area contributed by atoms with Crippen LogP contribution in [0, 0.1) is 0 Å². The zero-order valence-corrected chi connectivity index (χ0v) is 14.6. The Morgan fingerprint density at radius 1 is 1.12 bits per heavy atom. The summed E-state index contributed by atoms with van der Waals surface area (Å²) in [5, 5.41) is 2.87. The van der Waals surface area contributed by atoms with Gasteiger partial charge < -0.3 is 10.3 Å². The average molecular weight is 358 g/mol. The molecule has 0 aliphatic carbocycles. The molecule has 8 heteroatoms. The van der Waals surface area contributed by atoms with Gasteiger partial charge in [0.2, 0.25) is 10.0 Å². The highest BCUT2D eigenvalue weighted by Crippen LogP contribution is 2.16. The van der Waals surface area contributed by atoms with E-state index in [9.17, 15) is 13.2 Å². The normalized spacial score (nSPS) is 12.7. The van der Waals surface area contributed by atoms with Gasteiger partial charge in [0.15, 0.2) is 0 Å². The highest BCUT2D eigenvalue weighted by Gasteiger charge is 2.15. The molecule has 130 valence electrons. The van der Waals surface area contributed by atoms with Crippen molar-refractivity contribution in [2.45, 2.75) is 13.0 Å². The van der Waals surface area contributed by atoms with Gasteiger partial charge in [0.25, 0.3) is 5.91 Å². The summed E-state index contributed by atoms with van der Waals surface area (Å²) in [7, 11) is -3.34. The van der Waals surface area contributed by atoms with E-state index in [4.69, 9.17) is 0 Å². The summed E-state index contributed by atoms with van der Waals surface area (Å²) in [6, 6.07) is 13.6. The highest BCUT2D eigenvalue weighted by atomic mass is 32.2. The first kappa shape index (κ1) is 17.0. The number of fused-ring (bicyclic) bond motifs is 1. The van der Waals surface area contributed by atoms with Crippen LogP contribution < -0.4 is 10.0 Å². The smallest absolute Gasteiger partial charge is 0.251 e. The summed E-state index contributed by atoms with van der Waals surface area (Å²) in [5.74, 6) is 0.406. The van der Waals surface area contributed by atoms with Crippen LogP contribution in [0.2, 0.25) is 0 Å². The van der Waals surface area contributed by atoms with E-state index in [2.05, 4.69) is 20.0 Å². The Bertz CT molecular complexity index is 977. The van der Waals surface area contributed by atoms with E-state index in [1.807, 2.05) is 31.2 Å². The van der Waals surface area contributed by atoms with Gasteiger partial charge in [-0.15, -0.1) is 0 Å². The third-order valence-corrected chi connectivity index (χ3v) is 4.22. The predicted molar refractivity (Wildman–Crippen MR) is 96.9 cm³/mol. The molecule has 3 N–H and O–H groups in total. The zero-order valence-electron chi connectivity index (χ0n) is 13.8. The maximum absolute atomic E-state index is 12.3. The van der Waals surface area contributed by atoms with Crippen LogP contribution in [0.25, 0.3) is 11.0 Å². The number of aromatic amines is 1. The molecule has 3 aromatic rings. The molecule has 1 atom stereocenters. The Morgan fingerprint density at radius 2 is 1.80 bits per heavy atom. The molecular weight excluding hydrogens is 340 g/mol. The molecule has 0 fully saturated rings. The fraction of sp³-hybridized carbons (Fsp3) is 0.176. The summed E-state index contributed by atoms with van der Waals surface area (Å²) in [4.78, 5) is 20.0. The van der Waals surface area contributed by atoms with Gasteiger partial charge in [-0.2, -0.15) is 0 Å². The number of aromatic nitrogens is 2. The number of H-pyrrole nitrogens is 1. The molecule has 0 aliphatic heterocycles. The summed E-state index contributed by atoms with van der Waals surface area (Å²) in [6.45, 7) is 1.84. The third kappa shape index (κ3) is 4.16. The standard InChI is InChI=1S/C17H18N4O3S/c1-11(16-19-14-5-3-4-6-15(14)20-16)18-17(22)12-7-9-13(10-8-12)21-25(2,23)24/h3-11,21H,1-2H3,(H,18,22)(H,19,20). The number of benzene rings is 2. The van der Waals surface area contributed by atoms with Gasteiger partial charge in [-0.25, -0.2) is 13.4 Å². The predicted octanol–water partition coefficient (Wildman–Crippen LogP) is 2.43. The number of hydrogen-bond donors (Lipinski definition) is 3. The van der Waals surface area contributed by atoms with E-state index >= 15 is 0 Å². The Hall–Kier alpha value is -2.87. The number of hydrogen-bond acceptors (Lipinski definition) is 4. The first-order chi connectivity index (χ1) is 11.8. The highest BCUT2D eigenvalue weighted by molar-refractivity contribution is 7.92. The van der Waals surface area contributed by atoms with E-state index < -0.39 is 10.0 Å². The van der Waals surface area contributed by atoms with Gasteiger partial charge in [-0.1, -0.05) is 12.1 Å². The van der Waals surface area contributed by atoms with Crippen molar-refractivity contribution in [3.8, 4) is 0 Å². The lowest BCUT2D eigenvalue weighted by Gasteiger charge is -2.12. The lowest BCUT2D eigenvalue weighted by molar-refractivity contribution is 0.0938. The van der Waals surface area contributed by atoms with Crippen LogP contribution in [0.5, 0.6) is 0 Å². The minimum absolute atomic E-state index is 0.265. The molecule has 0 bridgehead atoms. The number of carbonyl (C=O) groups is 1. The number of imidazole rings is 1. The maximum Gasteiger partial charge on any atom is 0.251 e. The second-order valence-corrected chi connectivity index (χ2v) is 7.53. The largest absolute Gasteiger partial charge is 0.342 e. The lowest BCUT2D eigenvalue weighted by Crippen LogP contribution is -2.27. The van der Waals surface area contributed by atoms with Crippen molar-refractivity contribution in [1.82, 2.24) is 15.3 Å². The van der Waals surface area contributed by atoms with Crippen molar-refractivity contribution >= 4 is 32.7 Å². The molecule has 0 saturated carbocycles. The number of rotatable bonds is 5. The van der Waals surface area contributed by atoms with Gasteiger partial charge in [-0.3, -0.25) is 9.52 Å². The van der Waals surface area contributed by atoms with Gasteiger partial charge in [0.05, 0.1) is 23.3 Å². The number of amides is 1. The van der Waals surface area contributed by atoms with Crippen LogP contribution in [0.1, 0.15) is 29.1 Å². The monoisotopic (exact) mass is 358 g/mol. The lowest BCUT2D eigenvalue weighted by atomic mass is 10.2. The van der Waals surface area contributed by atoms with Gasteiger partial charge in [0, 0.05) is 11.3 Å². The van der Waals surface area contributed by atoms with Crippen LogP contribution in [-0.4, -0.2) is 30.5 Å². The summed E-state index contributed by atoms with van der Waals surface area (Å²) in [6.07, 6.45) is 1.07. The number of carbonyl (C=O) groups excluding carboxylic acids is 1. The first-order valence-electron chi connectivity index (χ1n) is 7.65. The Labute approximate surface area is 145 Å². The Morgan fingerprint density at radius 3 is 2.44 bits per heavy atom. The van der Waals surface area contributed by atoms with Gasteiger partial charge in [0.1, 0.15) is 5.82 Å². The molecule has 2 aromatic carbocycles. The van der Waals surface area contributed by atoms with Crippen LogP contribution in [0.3, 0.4) is 0 Å². The molecule has 7 nitrogen and oxygen atoms in total. The zero-order chi connectivity index (χ0) is 18.0. The molecule has 0 spiro atoms. The molecule has 0 aliphatic rings. The molecule has 1 amide bonds. The topological polar surface area (TPSA) is 104 Å². The van der Waals surface area contributed by atoms with E-state index in [1.54, 1.807) is 24.3 Å². The van der Waals surface area contributed by atoms with Crippen molar-refractivity contribution in [3.05, 3.63) is 59.9 Å². The number of nitrogens with one attached hydrogen (secondary N) is 3. The van der Waals surface area contributed by atoms with Crippen LogP contribution >= 0.6 is 0 Å². The van der Waals surface area contributed by atoms with E-state index in [0.717, 1.165) is 17.3 Å². The molecule has 3 rings (SSSR count). The molecular formula is C17H18N4O3S. The second-order valence-electron chi connectivity index (χ2n) is 5.79. The molecule has 1 aromatic heterocycles. The van der Waals surface area contributed by atoms with Gasteiger partial charge >= 0.3 is 0 Å². The van der Waals surface area contributed by atoms with E-state index in [-0.39, 0.29) is 11.9 Å². The van der Waals surface area contributed by atoms with Crippen molar-refractivity contribution in [3.63, 3.8) is 0 Å². The summed E-state index contributed by atoms with van der Waals surface area (Å²) >= 11 is 0. The van der Waals surface area contributed by atoms with E-state index in [1.165, 1.54) is 0 Å². The Kier molecular flexibility index (Phi) is 4.45. The third-order valence-electron chi connectivity index (χ3n) is 3.62. The van der Waals surface area contributed by atoms with Gasteiger partial charge in [-0.05, 0) is 43.3 Å². The molecule has 25 heavy (non-hydrogen) atoms. The minimum atomic E-state index is -3.34. The van der Waals surface area contributed by atoms with Crippen molar-refractivity contribution in [2.75, 3.05) is 11.0 Å². The SMILES string of the molecule is CC(NC(=O)c1ccc(NS(C)(=O)=O)cc1)c1nc2ccccc2[nH]1. The van der Waals surface area contributed by atoms with E-state index in [0.29, 0.717) is 17.1 Å². The summed E-state index contributed by atoms with van der Waals surface area (Å²) < 4.78 is 24.7. The molecule has 1 unspecified atom stereocenters.